The third-order valence-corrected chi connectivity index (χ3v) is 5.84. The van der Waals surface area contributed by atoms with Crippen LogP contribution in [0.4, 0.5) is 22.7 Å². The number of nitrogen functional groups attached to an aromatic ring is 1. The number of carbonyl (C=O) groups is 2. The fourth-order valence-electron chi connectivity index (χ4n) is 4.06. The Morgan fingerprint density at radius 3 is 2.52 bits per heavy atom. The van der Waals surface area contributed by atoms with Crippen LogP contribution in [0, 0.1) is 0 Å². The summed E-state index contributed by atoms with van der Waals surface area (Å²) in [5.41, 5.74) is 11.2. The lowest BCUT2D eigenvalue weighted by Gasteiger charge is -2.28. The van der Waals surface area contributed by atoms with Gasteiger partial charge < -0.3 is 26.0 Å². The van der Waals surface area contributed by atoms with Crippen molar-refractivity contribution in [2.45, 2.75) is 0 Å². The number of carbonyl (C=O) groups excluding carboxylic acids is 2. The van der Waals surface area contributed by atoms with Gasteiger partial charge in [-0.05, 0) is 54.6 Å². The number of rotatable bonds is 5. The summed E-state index contributed by atoms with van der Waals surface area (Å²) in [6, 6.07) is 20.2. The van der Waals surface area contributed by atoms with E-state index in [1.54, 1.807) is 48.7 Å². The van der Waals surface area contributed by atoms with E-state index in [2.05, 4.69) is 27.7 Å². The summed E-state index contributed by atoms with van der Waals surface area (Å²) < 4.78 is 5.41. The van der Waals surface area contributed by atoms with Crippen LogP contribution in [-0.4, -0.2) is 38.0 Å². The standard InChI is InChI=1S/C26H24N4O3/c27-19-3-1-2-17(14-19)25(31)18-4-9-24-22(15-18)23(26(32)29-24)16-28-20-5-7-21(8-6-20)30-10-12-33-13-11-30/h1-9,14-16,28H,10-13,27H2,(H,29,32). The van der Waals surface area contributed by atoms with Crippen LogP contribution in [0.15, 0.2) is 72.9 Å². The molecule has 0 spiro atoms. The summed E-state index contributed by atoms with van der Waals surface area (Å²) in [6.45, 7) is 3.24. The number of fused-ring (bicyclic) bond motifs is 1. The molecule has 7 nitrogen and oxygen atoms in total. The van der Waals surface area contributed by atoms with Crippen molar-refractivity contribution in [1.29, 1.82) is 0 Å². The van der Waals surface area contributed by atoms with E-state index in [1.165, 1.54) is 0 Å². The van der Waals surface area contributed by atoms with E-state index in [0.717, 1.165) is 37.7 Å². The monoisotopic (exact) mass is 440 g/mol. The first-order valence-corrected chi connectivity index (χ1v) is 10.8. The molecule has 5 rings (SSSR count). The van der Waals surface area contributed by atoms with Gasteiger partial charge >= 0.3 is 0 Å². The first kappa shape index (κ1) is 20.8. The van der Waals surface area contributed by atoms with Crippen molar-refractivity contribution < 1.29 is 14.3 Å². The summed E-state index contributed by atoms with van der Waals surface area (Å²) in [6.07, 6.45) is 1.68. The summed E-state index contributed by atoms with van der Waals surface area (Å²) >= 11 is 0. The van der Waals surface area contributed by atoms with Gasteiger partial charge in [0.1, 0.15) is 0 Å². The fourth-order valence-corrected chi connectivity index (χ4v) is 4.06. The van der Waals surface area contributed by atoms with Crippen LogP contribution < -0.4 is 21.3 Å². The normalized spacial score (nSPS) is 16.4. The number of amides is 1. The van der Waals surface area contributed by atoms with Gasteiger partial charge in [-0.2, -0.15) is 0 Å². The molecule has 1 saturated heterocycles. The molecule has 0 atom stereocenters. The van der Waals surface area contributed by atoms with Gasteiger partial charge in [0.15, 0.2) is 5.78 Å². The summed E-state index contributed by atoms with van der Waals surface area (Å²) in [5, 5.41) is 6.06. The summed E-state index contributed by atoms with van der Waals surface area (Å²) in [4.78, 5) is 27.8. The van der Waals surface area contributed by atoms with Gasteiger partial charge in [0.25, 0.3) is 5.91 Å². The van der Waals surface area contributed by atoms with Crippen LogP contribution >= 0.6 is 0 Å². The lowest BCUT2D eigenvalue weighted by molar-refractivity contribution is -0.110. The van der Waals surface area contributed by atoms with Gasteiger partial charge in [-0.15, -0.1) is 0 Å². The minimum Gasteiger partial charge on any atom is -0.399 e. The van der Waals surface area contributed by atoms with Gasteiger partial charge in [-0.1, -0.05) is 12.1 Å². The number of hydrogen-bond donors (Lipinski definition) is 3. The number of anilines is 4. The molecule has 0 aliphatic carbocycles. The molecule has 2 aliphatic heterocycles. The zero-order valence-corrected chi connectivity index (χ0v) is 18.0. The Balaban J connectivity index is 1.36. The molecular weight excluding hydrogens is 416 g/mol. The van der Waals surface area contributed by atoms with Crippen molar-refractivity contribution in [3.8, 4) is 0 Å². The predicted octanol–water partition coefficient (Wildman–Crippen LogP) is 3.74. The molecular formula is C26H24N4O3. The van der Waals surface area contributed by atoms with E-state index in [4.69, 9.17) is 10.5 Å². The van der Waals surface area contributed by atoms with Gasteiger partial charge in [0.2, 0.25) is 0 Å². The molecule has 0 saturated carbocycles. The number of hydrogen-bond acceptors (Lipinski definition) is 6. The number of morpholine rings is 1. The summed E-state index contributed by atoms with van der Waals surface area (Å²) in [7, 11) is 0. The van der Waals surface area contributed by atoms with Crippen LogP contribution in [0.25, 0.3) is 5.57 Å². The van der Waals surface area contributed by atoms with E-state index >= 15 is 0 Å². The molecule has 1 amide bonds. The molecule has 2 heterocycles. The third kappa shape index (κ3) is 4.31. The number of nitrogens with two attached hydrogens (primary N) is 1. The van der Waals surface area contributed by atoms with Crippen LogP contribution in [0.1, 0.15) is 21.5 Å². The zero-order valence-electron chi connectivity index (χ0n) is 18.0. The maximum atomic E-state index is 12.9. The molecule has 166 valence electrons. The lowest BCUT2D eigenvalue weighted by Crippen LogP contribution is -2.36. The molecule has 7 heteroatoms. The minimum atomic E-state index is -0.212. The maximum Gasteiger partial charge on any atom is 0.257 e. The number of nitrogens with zero attached hydrogens (tertiary/aromatic N) is 1. The van der Waals surface area contributed by atoms with E-state index < -0.39 is 0 Å². The Morgan fingerprint density at radius 1 is 1.00 bits per heavy atom. The maximum absolute atomic E-state index is 12.9. The first-order valence-electron chi connectivity index (χ1n) is 10.8. The number of ketones is 1. The smallest absolute Gasteiger partial charge is 0.257 e. The molecule has 0 unspecified atom stereocenters. The highest BCUT2D eigenvalue weighted by atomic mass is 16.5. The Hall–Kier alpha value is -4.10. The van der Waals surface area contributed by atoms with Gasteiger partial charge in [-0.3, -0.25) is 9.59 Å². The van der Waals surface area contributed by atoms with Crippen molar-refractivity contribution in [1.82, 2.24) is 0 Å². The second-order valence-corrected chi connectivity index (χ2v) is 8.02. The SMILES string of the molecule is Nc1cccc(C(=O)c2ccc3c(c2)C(=CNc2ccc(N4CCOCC4)cc2)C(=O)N3)c1. The molecule has 3 aromatic carbocycles. The highest BCUT2D eigenvalue weighted by Gasteiger charge is 2.25. The second-order valence-electron chi connectivity index (χ2n) is 8.02. The molecule has 1 fully saturated rings. The quantitative estimate of drug-likeness (QED) is 0.318. The molecule has 3 aromatic rings. The average molecular weight is 441 g/mol. The van der Waals surface area contributed by atoms with Crippen LogP contribution in [0.5, 0.6) is 0 Å². The van der Waals surface area contributed by atoms with E-state index in [-0.39, 0.29) is 11.7 Å². The highest BCUT2D eigenvalue weighted by Crippen LogP contribution is 2.33. The molecule has 0 bridgehead atoms. The second kappa shape index (κ2) is 8.80. The van der Waals surface area contributed by atoms with Crippen molar-refractivity contribution >= 4 is 40.0 Å². The average Bonchev–Trinajstić information content (AvgIpc) is 3.17. The van der Waals surface area contributed by atoms with E-state index in [9.17, 15) is 9.59 Å². The number of nitrogens with one attached hydrogen (secondary N) is 2. The first-order chi connectivity index (χ1) is 16.1. The highest BCUT2D eigenvalue weighted by molar-refractivity contribution is 6.32. The Kier molecular flexibility index (Phi) is 5.54. The van der Waals surface area contributed by atoms with Crippen molar-refractivity contribution in [2.75, 3.05) is 47.6 Å². The molecule has 0 aromatic heterocycles. The largest absolute Gasteiger partial charge is 0.399 e. The number of ether oxygens (including phenoxy) is 1. The molecule has 4 N–H and O–H groups in total. The predicted molar refractivity (Wildman–Crippen MR) is 130 cm³/mol. The van der Waals surface area contributed by atoms with Crippen LogP contribution in [0.3, 0.4) is 0 Å². The molecule has 2 aliphatic rings. The number of benzene rings is 3. The Labute approximate surface area is 191 Å². The van der Waals surface area contributed by atoms with Crippen LogP contribution in [-0.2, 0) is 9.53 Å². The Morgan fingerprint density at radius 2 is 1.76 bits per heavy atom. The van der Waals surface area contributed by atoms with Gasteiger partial charge in [0, 0.05) is 58.7 Å². The Bertz CT molecular complexity index is 1240. The van der Waals surface area contributed by atoms with Crippen molar-refractivity contribution in [3.05, 3.63) is 89.6 Å². The zero-order chi connectivity index (χ0) is 22.8. The fraction of sp³-hybridized carbons (Fsp3) is 0.154. The van der Waals surface area contributed by atoms with Crippen molar-refractivity contribution in [3.63, 3.8) is 0 Å². The van der Waals surface area contributed by atoms with Gasteiger partial charge in [0.05, 0.1) is 18.8 Å². The van der Waals surface area contributed by atoms with Gasteiger partial charge in [-0.25, -0.2) is 0 Å². The van der Waals surface area contributed by atoms with E-state index in [0.29, 0.717) is 33.6 Å². The van der Waals surface area contributed by atoms with Crippen molar-refractivity contribution in [2.24, 2.45) is 0 Å². The molecule has 0 radical (unpaired) electrons. The van der Waals surface area contributed by atoms with E-state index in [1.807, 2.05) is 12.1 Å². The topological polar surface area (TPSA) is 96.7 Å². The third-order valence-electron chi connectivity index (χ3n) is 5.84. The van der Waals surface area contributed by atoms with Crippen LogP contribution in [0.2, 0.25) is 0 Å². The minimum absolute atomic E-state index is 0.143. The lowest BCUT2D eigenvalue weighted by atomic mass is 9.98. The molecule has 33 heavy (non-hydrogen) atoms. The summed E-state index contributed by atoms with van der Waals surface area (Å²) in [5.74, 6) is -0.355.